The SMILES string of the molecule is Cc1ccccc1CNC(=O)CN1C(=O)N[C@](C)(C2CC2)C1=O. The highest BCUT2D eigenvalue weighted by atomic mass is 16.2. The van der Waals surface area contributed by atoms with Crippen LogP contribution < -0.4 is 10.6 Å². The predicted molar refractivity (Wildman–Crippen MR) is 84.4 cm³/mol. The quantitative estimate of drug-likeness (QED) is 0.805. The Bertz CT molecular complexity index is 669. The van der Waals surface area contributed by atoms with Gasteiger partial charge in [0, 0.05) is 6.54 Å². The number of aryl methyl sites for hydroxylation is 1. The molecule has 2 aliphatic rings. The Morgan fingerprint density at radius 1 is 1.35 bits per heavy atom. The third-order valence-corrected chi connectivity index (χ3v) is 4.73. The van der Waals surface area contributed by atoms with Crippen molar-refractivity contribution in [3.05, 3.63) is 35.4 Å². The van der Waals surface area contributed by atoms with Gasteiger partial charge >= 0.3 is 6.03 Å². The highest BCUT2D eigenvalue weighted by molar-refractivity contribution is 6.09. The van der Waals surface area contributed by atoms with E-state index in [9.17, 15) is 14.4 Å². The van der Waals surface area contributed by atoms with E-state index < -0.39 is 11.6 Å². The zero-order valence-electron chi connectivity index (χ0n) is 13.4. The molecule has 1 aliphatic carbocycles. The van der Waals surface area contributed by atoms with Gasteiger partial charge in [0.15, 0.2) is 0 Å². The van der Waals surface area contributed by atoms with Gasteiger partial charge in [-0.05, 0) is 43.7 Å². The van der Waals surface area contributed by atoms with Crippen LogP contribution in [-0.2, 0) is 16.1 Å². The van der Waals surface area contributed by atoms with Gasteiger partial charge in [0.25, 0.3) is 5.91 Å². The molecule has 0 spiro atoms. The number of rotatable bonds is 5. The maximum atomic E-state index is 12.4. The Kier molecular flexibility index (Phi) is 3.83. The number of nitrogens with one attached hydrogen (secondary N) is 2. The van der Waals surface area contributed by atoms with E-state index in [1.807, 2.05) is 31.2 Å². The minimum Gasteiger partial charge on any atom is -0.350 e. The van der Waals surface area contributed by atoms with Gasteiger partial charge in [-0.25, -0.2) is 4.79 Å². The van der Waals surface area contributed by atoms with Crippen molar-refractivity contribution in [1.29, 1.82) is 0 Å². The summed E-state index contributed by atoms with van der Waals surface area (Å²) in [4.78, 5) is 37.6. The number of carbonyl (C=O) groups is 3. The molecule has 1 heterocycles. The molecule has 0 unspecified atom stereocenters. The van der Waals surface area contributed by atoms with E-state index in [4.69, 9.17) is 0 Å². The second-order valence-corrected chi connectivity index (χ2v) is 6.50. The molecule has 2 N–H and O–H groups in total. The van der Waals surface area contributed by atoms with Crippen molar-refractivity contribution in [2.24, 2.45) is 5.92 Å². The van der Waals surface area contributed by atoms with Crippen LogP contribution in [0.15, 0.2) is 24.3 Å². The molecule has 3 rings (SSSR count). The molecule has 1 aliphatic heterocycles. The molecule has 1 aromatic rings. The summed E-state index contributed by atoms with van der Waals surface area (Å²) in [7, 11) is 0. The van der Waals surface area contributed by atoms with Crippen LogP contribution in [0.3, 0.4) is 0 Å². The van der Waals surface area contributed by atoms with E-state index in [0.29, 0.717) is 6.54 Å². The van der Waals surface area contributed by atoms with Gasteiger partial charge in [0.2, 0.25) is 5.91 Å². The third-order valence-electron chi connectivity index (χ3n) is 4.73. The van der Waals surface area contributed by atoms with Crippen LogP contribution in [0.1, 0.15) is 30.9 Å². The van der Waals surface area contributed by atoms with Crippen molar-refractivity contribution < 1.29 is 14.4 Å². The number of benzene rings is 1. The molecule has 0 radical (unpaired) electrons. The first kappa shape index (κ1) is 15.5. The molecule has 6 nitrogen and oxygen atoms in total. The highest BCUT2D eigenvalue weighted by Crippen LogP contribution is 2.42. The molecule has 6 heteroatoms. The van der Waals surface area contributed by atoms with Gasteiger partial charge in [-0.3, -0.25) is 14.5 Å². The van der Waals surface area contributed by atoms with E-state index in [-0.39, 0.29) is 24.3 Å². The fourth-order valence-corrected chi connectivity index (χ4v) is 3.00. The van der Waals surface area contributed by atoms with Crippen molar-refractivity contribution in [3.8, 4) is 0 Å². The molecule has 1 atom stereocenters. The molecule has 0 aromatic heterocycles. The minimum atomic E-state index is -0.840. The maximum absolute atomic E-state index is 12.4. The molecule has 1 saturated carbocycles. The molecular formula is C17H21N3O3. The summed E-state index contributed by atoms with van der Waals surface area (Å²) in [6, 6.07) is 7.28. The van der Waals surface area contributed by atoms with Crippen LogP contribution in [-0.4, -0.2) is 34.8 Å². The van der Waals surface area contributed by atoms with Crippen molar-refractivity contribution in [2.75, 3.05) is 6.54 Å². The first-order valence-electron chi connectivity index (χ1n) is 7.87. The first-order chi connectivity index (χ1) is 10.9. The maximum Gasteiger partial charge on any atom is 0.325 e. The number of urea groups is 1. The predicted octanol–water partition coefficient (Wildman–Crippen LogP) is 1.33. The zero-order valence-corrected chi connectivity index (χ0v) is 13.4. The molecule has 1 aromatic carbocycles. The first-order valence-corrected chi connectivity index (χ1v) is 7.87. The lowest BCUT2D eigenvalue weighted by Gasteiger charge is -2.20. The summed E-state index contributed by atoms with van der Waals surface area (Å²) in [6.45, 7) is 3.87. The van der Waals surface area contributed by atoms with Crippen LogP contribution in [0.5, 0.6) is 0 Å². The van der Waals surface area contributed by atoms with Crippen molar-refractivity contribution in [2.45, 2.75) is 38.8 Å². The van der Waals surface area contributed by atoms with E-state index in [2.05, 4.69) is 10.6 Å². The van der Waals surface area contributed by atoms with Crippen molar-refractivity contribution >= 4 is 17.8 Å². The molecular weight excluding hydrogens is 294 g/mol. The van der Waals surface area contributed by atoms with E-state index in [1.165, 1.54) is 0 Å². The normalized spacial score (nSPS) is 23.8. The topological polar surface area (TPSA) is 78.5 Å². The van der Waals surface area contributed by atoms with Gasteiger partial charge in [-0.1, -0.05) is 24.3 Å². The molecule has 2 fully saturated rings. The van der Waals surface area contributed by atoms with Crippen molar-refractivity contribution in [3.63, 3.8) is 0 Å². The number of carbonyl (C=O) groups excluding carboxylic acids is 3. The van der Waals surface area contributed by atoms with Gasteiger partial charge in [0.1, 0.15) is 12.1 Å². The van der Waals surface area contributed by atoms with Crippen molar-refractivity contribution in [1.82, 2.24) is 15.5 Å². The van der Waals surface area contributed by atoms with Gasteiger partial charge < -0.3 is 10.6 Å². The van der Waals surface area contributed by atoms with E-state index in [0.717, 1.165) is 28.9 Å². The molecule has 23 heavy (non-hydrogen) atoms. The summed E-state index contributed by atoms with van der Waals surface area (Å²) in [5.41, 5.74) is 1.26. The lowest BCUT2D eigenvalue weighted by Crippen LogP contribution is -2.46. The number of hydrogen-bond acceptors (Lipinski definition) is 3. The number of nitrogens with zero attached hydrogens (tertiary/aromatic N) is 1. The third kappa shape index (κ3) is 2.93. The van der Waals surface area contributed by atoms with E-state index >= 15 is 0 Å². The summed E-state index contributed by atoms with van der Waals surface area (Å²) >= 11 is 0. The van der Waals surface area contributed by atoms with Gasteiger partial charge in [-0.2, -0.15) is 0 Å². The van der Waals surface area contributed by atoms with Gasteiger partial charge in [-0.15, -0.1) is 0 Å². The Balaban J connectivity index is 1.59. The largest absolute Gasteiger partial charge is 0.350 e. The van der Waals surface area contributed by atoms with Crippen LogP contribution in [0.25, 0.3) is 0 Å². The minimum absolute atomic E-state index is 0.193. The van der Waals surface area contributed by atoms with Gasteiger partial charge in [0.05, 0.1) is 0 Å². The lowest BCUT2D eigenvalue weighted by atomic mass is 9.96. The Labute approximate surface area is 135 Å². The summed E-state index contributed by atoms with van der Waals surface area (Å²) < 4.78 is 0. The number of imide groups is 1. The lowest BCUT2D eigenvalue weighted by molar-refractivity contribution is -0.135. The molecule has 4 amide bonds. The smallest absolute Gasteiger partial charge is 0.325 e. The molecule has 0 bridgehead atoms. The standard InChI is InChI=1S/C17H21N3O3/c1-11-5-3-4-6-12(11)9-18-14(21)10-20-15(22)17(2,13-7-8-13)19-16(20)23/h3-6,13H,7-10H2,1-2H3,(H,18,21)(H,19,23)/t17-/m1/s1. The fraction of sp³-hybridized carbons (Fsp3) is 0.471. The second kappa shape index (κ2) is 5.68. The number of amides is 4. The summed E-state index contributed by atoms with van der Waals surface area (Å²) in [6.07, 6.45) is 1.88. The van der Waals surface area contributed by atoms with Crippen LogP contribution in [0, 0.1) is 12.8 Å². The average Bonchev–Trinajstić information content (AvgIpc) is 3.33. The van der Waals surface area contributed by atoms with E-state index in [1.54, 1.807) is 6.92 Å². The number of hydrogen-bond donors (Lipinski definition) is 2. The van der Waals surface area contributed by atoms with Crippen LogP contribution in [0.4, 0.5) is 4.79 Å². The Morgan fingerprint density at radius 3 is 2.70 bits per heavy atom. The summed E-state index contributed by atoms with van der Waals surface area (Å²) in [5.74, 6) is -0.438. The Hall–Kier alpha value is -2.37. The highest BCUT2D eigenvalue weighted by Gasteiger charge is 2.56. The Morgan fingerprint density at radius 2 is 2.04 bits per heavy atom. The molecule has 122 valence electrons. The van der Waals surface area contributed by atoms with Crippen LogP contribution >= 0.6 is 0 Å². The zero-order chi connectivity index (χ0) is 16.6. The monoisotopic (exact) mass is 315 g/mol. The second-order valence-electron chi connectivity index (χ2n) is 6.50. The summed E-state index contributed by atoms with van der Waals surface area (Å²) in [5, 5.41) is 5.50. The van der Waals surface area contributed by atoms with Crippen LogP contribution in [0.2, 0.25) is 0 Å². The molecule has 1 saturated heterocycles. The average molecular weight is 315 g/mol. The fourth-order valence-electron chi connectivity index (χ4n) is 3.00.